The maximum Gasteiger partial charge on any atom is 0.416 e. The lowest BCUT2D eigenvalue weighted by molar-refractivity contribution is -0.137. The van der Waals surface area contributed by atoms with Gasteiger partial charge < -0.3 is 4.74 Å². The Bertz CT molecular complexity index is 933. The zero-order valence-electron chi connectivity index (χ0n) is 13.0. The number of hydrogen-bond donors (Lipinski definition) is 0. The summed E-state index contributed by atoms with van der Waals surface area (Å²) in [7, 11) is 0. The number of aromatic nitrogens is 2. The molecule has 3 rings (SSSR count). The van der Waals surface area contributed by atoms with Crippen LogP contribution in [0.5, 0.6) is 0 Å². The summed E-state index contributed by atoms with van der Waals surface area (Å²) in [5.41, 5.74) is -0.372. The Balaban J connectivity index is 2.20. The van der Waals surface area contributed by atoms with Gasteiger partial charge in [0.1, 0.15) is 0 Å². The van der Waals surface area contributed by atoms with Crippen molar-refractivity contribution in [3.05, 3.63) is 58.2 Å². The van der Waals surface area contributed by atoms with Crippen molar-refractivity contribution in [2.45, 2.75) is 13.1 Å². The van der Waals surface area contributed by atoms with Gasteiger partial charge in [-0.15, -0.1) is 0 Å². The lowest BCUT2D eigenvalue weighted by Gasteiger charge is -2.09. The fourth-order valence-electron chi connectivity index (χ4n) is 2.39. The van der Waals surface area contributed by atoms with Gasteiger partial charge in [-0.05, 0) is 43.3 Å². The second kappa shape index (κ2) is 6.51. The number of alkyl halides is 3. The molecule has 0 unspecified atom stereocenters. The van der Waals surface area contributed by atoms with Crippen molar-refractivity contribution in [1.29, 1.82) is 0 Å². The van der Waals surface area contributed by atoms with Crippen molar-refractivity contribution >= 4 is 32.8 Å². The Labute approximate surface area is 149 Å². The highest BCUT2D eigenvalue weighted by atomic mass is 79.9. The van der Waals surface area contributed by atoms with E-state index >= 15 is 0 Å². The topological polar surface area (TPSA) is 44.1 Å². The molecule has 0 atom stereocenters. The number of nitrogens with zero attached hydrogens (tertiary/aromatic N) is 2. The second-order valence-corrected chi connectivity index (χ2v) is 6.14. The molecular weight excluding hydrogens is 401 g/mol. The number of halogens is 4. The van der Waals surface area contributed by atoms with Crippen molar-refractivity contribution in [2.75, 3.05) is 6.61 Å². The highest BCUT2D eigenvalue weighted by Crippen LogP contribution is 2.33. The van der Waals surface area contributed by atoms with Crippen LogP contribution in [0.1, 0.15) is 22.8 Å². The van der Waals surface area contributed by atoms with Crippen molar-refractivity contribution < 1.29 is 22.7 Å². The fourth-order valence-corrected chi connectivity index (χ4v) is 2.66. The molecule has 0 fully saturated rings. The normalized spacial score (nSPS) is 11.7. The van der Waals surface area contributed by atoms with Crippen LogP contribution in [0.15, 0.2) is 47.1 Å². The van der Waals surface area contributed by atoms with Crippen LogP contribution in [-0.4, -0.2) is 22.4 Å². The van der Waals surface area contributed by atoms with Crippen LogP contribution < -0.4 is 0 Å². The van der Waals surface area contributed by atoms with E-state index in [1.807, 2.05) is 0 Å². The first-order valence-electron chi connectivity index (χ1n) is 7.33. The highest BCUT2D eigenvalue weighted by molar-refractivity contribution is 9.10. The van der Waals surface area contributed by atoms with Gasteiger partial charge in [-0.1, -0.05) is 15.9 Å². The molecule has 1 aromatic heterocycles. The lowest BCUT2D eigenvalue weighted by atomic mass is 10.1. The summed E-state index contributed by atoms with van der Waals surface area (Å²) in [5.74, 6) is -0.811. The summed E-state index contributed by atoms with van der Waals surface area (Å²) in [6.45, 7) is 1.66. The molecule has 0 spiro atoms. The molecule has 0 aliphatic carbocycles. The van der Waals surface area contributed by atoms with Crippen molar-refractivity contribution in [3.8, 4) is 5.69 Å². The molecule has 0 saturated heterocycles. The fraction of sp³-hybridized carbons (Fsp3) is 0.176. The Morgan fingerprint density at radius 3 is 2.52 bits per heavy atom. The van der Waals surface area contributed by atoms with E-state index in [1.165, 1.54) is 10.9 Å². The lowest BCUT2D eigenvalue weighted by Crippen LogP contribution is -2.10. The summed E-state index contributed by atoms with van der Waals surface area (Å²) < 4.78 is 46.6. The van der Waals surface area contributed by atoms with Gasteiger partial charge in [0, 0.05) is 16.1 Å². The van der Waals surface area contributed by atoms with Crippen LogP contribution >= 0.6 is 15.9 Å². The Hall–Kier alpha value is -2.35. The standard InChI is InChI=1S/C17H12BrF3N2O2/c1-2-25-16(24)13-7-10(17(19,20)21)8-15-14(13)9-23(22-15)12-5-3-11(18)4-6-12/h3-9H,2H2,1H3. The predicted octanol–water partition coefficient (Wildman–Crippen LogP) is 4.98. The minimum atomic E-state index is -4.59. The van der Waals surface area contributed by atoms with Gasteiger partial charge >= 0.3 is 12.1 Å². The molecule has 0 N–H and O–H groups in total. The summed E-state index contributed by atoms with van der Waals surface area (Å²) in [6.07, 6.45) is -3.07. The first kappa shape index (κ1) is 17.5. The predicted molar refractivity (Wildman–Crippen MR) is 89.7 cm³/mol. The van der Waals surface area contributed by atoms with E-state index in [-0.39, 0.29) is 17.7 Å². The largest absolute Gasteiger partial charge is 0.462 e. The van der Waals surface area contributed by atoms with Crippen LogP contribution in [0, 0.1) is 0 Å². The van der Waals surface area contributed by atoms with Crippen LogP contribution in [0.2, 0.25) is 0 Å². The number of fused-ring (bicyclic) bond motifs is 1. The highest BCUT2D eigenvalue weighted by Gasteiger charge is 2.33. The zero-order valence-corrected chi connectivity index (χ0v) is 14.6. The molecule has 0 saturated carbocycles. The van der Waals surface area contributed by atoms with Crippen molar-refractivity contribution in [2.24, 2.45) is 0 Å². The minimum Gasteiger partial charge on any atom is -0.462 e. The third-order valence-electron chi connectivity index (χ3n) is 3.54. The monoisotopic (exact) mass is 412 g/mol. The third-order valence-corrected chi connectivity index (χ3v) is 4.07. The van der Waals surface area contributed by atoms with E-state index in [1.54, 1.807) is 31.2 Å². The molecule has 130 valence electrons. The van der Waals surface area contributed by atoms with E-state index in [9.17, 15) is 18.0 Å². The SMILES string of the molecule is CCOC(=O)c1cc(C(F)(F)F)cc2nn(-c3ccc(Br)cc3)cc12. The molecule has 1 heterocycles. The molecule has 8 heteroatoms. The molecule has 2 aromatic carbocycles. The molecule has 25 heavy (non-hydrogen) atoms. The quantitative estimate of drug-likeness (QED) is 0.569. The van der Waals surface area contributed by atoms with Gasteiger partial charge in [-0.2, -0.15) is 18.3 Å². The van der Waals surface area contributed by atoms with Gasteiger partial charge in [0.2, 0.25) is 0 Å². The van der Waals surface area contributed by atoms with Crippen LogP contribution in [0.3, 0.4) is 0 Å². The number of ether oxygens (including phenoxy) is 1. The number of hydrogen-bond acceptors (Lipinski definition) is 3. The molecular formula is C17H12BrF3N2O2. The second-order valence-electron chi connectivity index (χ2n) is 5.22. The molecule has 3 aromatic rings. The Kier molecular flexibility index (Phi) is 4.55. The number of carbonyl (C=O) groups excluding carboxylic acids is 1. The third kappa shape index (κ3) is 3.53. The Morgan fingerprint density at radius 2 is 1.92 bits per heavy atom. The van der Waals surface area contributed by atoms with Gasteiger partial charge in [-0.3, -0.25) is 0 Å². The number of carbonyl (C=O) groups is 1. The van der Waals surface area contributed by atoms with Crippen LogP contribution in [-0.2, 0) is 10.9 Å². The smallest absolute Gasteiger partial charge is 0.416 e. The maximum absolute atomic E-state index is 13.1. The summed E-state index contributed by atoms with van der Waals surface area (Å²) in [5, 5.41) is 4.48. The van der Waals surface area contributed by atoms with E-state index in [2.05, 4.69) is 21.0 Å². The summed E-state index contributed by atoms with van der Waals surface area (Å²) in [4.78, 5) is 12.1. The maximum atomic E-state index is 13.1. The molecule has 0 aliphatic heterocycles. The van der Waals surface area contributed by atoms with E-state index in [0.717, 1.165) is 16.6 Å². The molecule has 0 bridgehead atoms. The average molecular weight is 413 g/mol. The first-order valence-corrected chi connectivity index (χ1v) is 8.12. The molecule has 0 aliphatic rings. The van der Waals surface area contributed by atoms with Gasteiger partial charge in [0.25, 0.3) is 0 Å². The number of benzene rings is 2. The molecule has 0 amide bonds. The van der Waals surface area contributed by atoms with E-state index < -0.39 is 17.7 Å². The van der Waals surface area contributed by atoms with Gasteiger partial charge in [-0.25, -0.2) is 9.48 Å². The molecule has 4 nitrogen and oxygen atoms in total. The molecule has 0 radical (unpaired) electrons. The van der Waals surface area contributed by atoms with Gasteiger partial charge in [0.05, 0.1) is 28.9 Å². The minimum absolute atomic E-state index is 0.0669. The van der Waals surface area contributed by atoms with Crippen LogP contribution in [0.4, 0.5) is 13.2 Å². The zero-order chi connectivity index (χ0) is 18.2. The number of rotatable bonds is 3. The van der Waals surface area contributed by atoms with Crippen molar-refractivity contribution in [1.82, 2.24) is 9.78 Å². The Morgan fingerprint density at radius 1 is 1.24 bits per heavy atom. The van der Waals surface area contributed by atoms with Crippen LogP contribution in [0.25, 0.3) is 16.6 Å². The van der Waals surface area contributed by atoms with E-state index in [4.69, 9.17) is 4.74 Å². The summed E-state index contributed by atoms with van der Waals surface area (Å²) in [6, 6.07) is 8.81. The first-order chi connectivity index (χ1) is 11.8. The number of esters is 1. The van der Waals surface area contributed by atoms with E-state index in [0.29, 0.717) is 11.1 Å². The average Bonchev–Trinajstić information content (AvgIpc) is 2.98. The van der Waals surface area contributed by atoms with Crippen molar-refractivity contribution in [3.63, 3.8) is 0 Å². The van der Waals surface area contributed by atoms with Gasteiger partial charge in [0.15, 0.2) is 0 Å². The summed E-state index contributed by atoms with van der Waals surface area (Å²) >= 11 is 3.32.